The fraction of sp³-hybridized carbons (Fsp3) is 1.00. The molecular weight excluding hydrogens is 160 g/mol. The van der Waals surface area contributed by atoms with Crippen LogP contribution in [0.15, 0.2) is 0 Å². The molecule has 0 heterocycles. The molecule has 0 bridgehead atoms. The van der Waals surface area contributed by atoms with E-state index in [-0.39, 0.29) is 5.60 Å². The molecule has 1 atom stereocenters. The van der Waals surface area contributed by atoms with Gasteiger partial charge in [-0.15, -0.1) is 0 Å². The SMILES string of the molecule is CCCC(O)(CC)CC(CC)CC. The number of rotatable bonds is 7. The molecule has 0 saturated carbocycles. The Labute approximate surface area is 83.5 Å². The Morgan fingerprint density at radius 1 is 1.08 bits per heavy atom. The van der Waals surface area contributed by atoms with Crippen LogP contribution in [0.1, 0.15) is 66.2 Å². The highest BCUT2D eigenvalue weighted by atomic mass is 16.3. The molecule has 1 N–H and O–H groups in total. The van der Waals surface area contributed by atoms with Crippen LogP contribution in [0, 0.1) is 5.92 Å². The third-order valence-corrected chi connectivity index (χ3v) is 3.20. The summed E-state index contributed by atoms with van der Waals surface area (Å²) in [5.74, 6) is 0.705. The molecular formula is C12H26O. The maximum absolute atomic E-state index is 10.3. The van der Waals surface area contributed by atoms with Gasteiger partial charge < -0.3 is 5.11 Å². The van der Waals surface area contributed by atoms with Crippen LogP contribution in [-0.2, 0) is 0 Å². The van der Waals surface area contributed by atoms with E-state index < -0.39 is 0 Å². The minimum Gasteiger partial charge on any atom is -0.390 e. The van der Waals surface area contributed by atoms with Crippen LogP contribution in [0.2, 0.25) is 0 Å². The molecule has 0 aliphatic rings. The van der Waals surface area contributed by atoms with Gasteiger partial charge in [-0.1, -0.05) is 47.0 Å². The van der Waals surface area contributed by atoms with Gasteiger partial charge in [0.15, 0.2) is 0 Å². The summed E-state index contributed by atoms with van der Waals surface area (Å²) in [6.45, 7) is 8.68. The summed E-state index contributed by atoms with van der Waals surface area (Å²) >= 11 is 0. The maximum atomic E-state index is 10.3. The Morgan fingerprint density at radius 3 is 1.92 bits per heavy atom. The smallest absolute Gasteiger partial charge is 0.0647 e. The molecule has 0 aliphatic heterocycles. The minimum atomic E-state index is -0.383. The van der Waals surface area contributed by atoms with Crippen LogP contribution >= 0.6 is 0 Å². The van der Waals surface area contributed by atoms with Crippen LogP contribution in [0.25, 0.3) is 0 Å². The van der Waals surface area contributed by atoms with Gasteiger partial charge >= 0.3 is 0 Å². The summed E-state index contributed by atoms with van der Waals surface area (Å²) in [6, 6.07) is 0. The molecule has 13 heavy (non-hydrogen) atoms. The molecule has 0 fully saturated rings. The Hall–Kier alpha value is -0.0400. The first-order valence-electron chi connectivity index (χ1n) is 5.84. The van der Waals surface area contributed by atoms with Crippen LogP contribution in [0.3, 0.4) is 0 Å². The molecule has 0 aliphatic carbocycles. The lowest BCUT2D eigenvalue weighted by molar-refractivity contribution is 0.00174. The summed E-state index contributed by atoms with van der Waals surface area (Å²) in [4.78, 5) is 0. The number of aliphatic hydroxyl groups is 1. The first kappa shape index (κ1) is 13.0. The molecule has 0 rings (SSSR count). The largest absolute Gasteiger partial charge is 0.390 e. The second kappa shape index (κ2) is 6.42. The van der Waals surface area contributed by atoms with Crippen molar-refractivity contribution in [1.82, 2.24) is 0 Å². The zero-order valence-corrected chi connectivity index (χ0v) is 9.77. The van der Waals surface area contributed by atoms with Gasteiger partial charge in [-0.05, 0) is 25.2 Å². The van der Waals surface area contributed by atoms with E-state index in [0.717, 1.165) is 25.7 Å². The lowest BCUT2D eigenvalue weighted by Gasteiger charge is -2.30. The zero-order valence-electron chi connectivity index (χ0n) is 9.77. The van der Waals surface area contributed by atoms with Crippen LogP contribution in [0.5, 0.6) is 0 Å². The van der Waals surface area contributed by atoms with E-state index in [0.29, 0.717) is 5.92 Å². The Morgan fingerprint density at radius 2 is 1.62 bits per heavy atom. The van der Waals surface area contributed by atoms with Crippen molar-refractivity contribution in [1.29, 1.82) is 0 Å². The Kier molecular flexibility index (Phi) is 6.40. The Bertz CT molecular complexity index is 118. The molecule has 1 unspecified atom stereocenters. The van der Waals surface area contributed by atoms with Crippen LogP contribution in [0.4, 0.5) is 0 Å². The molecule has 0 aromatic rings. The molecule has 0 aromatic carbocycles. The third-order valence-electron chi connectivity index (χ3n) is 3.20. The fourth-order valence-corrected chi connectivity index (χ4v) is 2.00. The Balaban J connectivity index is 4.07. The van der Waals surface area contributed by atoms with Gasteiger partial charge in [0.05, 0.1) is 5.60 Å². The lowest BCUT2D eigenvalue weighted by atomic mass is 9.83. The van der Waals surface area contributed by atoms with E-state index >= 15 is 0 Å². The van der Waals surface area contributed by atoms with Crippen molar-refractivity contribution in [2.24, 2.45) is 5.92 Å². The molecule has 80 valence electrons. The van der Waals surface area contributed by atoms with E-state index in [1.54, 1.807) is 0 Å². The van der Waals surface area contributed by atoms with Crippen molar-refractivity contribution in [2.75, 3.05) is 0 Å². The number of hydrogen-bond acceptors (Lipinski definition) is 1. The highest BCUT2D eigenvalue weighted by Gasteiger charge is 2.26. The molecule has 0 amide bonds. The van der Waals surface area contributed by atoms with Crippen LogP contribution in [-0.4, -0.2) is 10.7 Å². The van der Waals surface area contributed by atoms with Crippen molar-refractivity contribution in [3.63, 3.8) is 0 Å². The first-order valence-corrected chi connectivity index (χ1v) is 5.84. The van der Waals surface area contributed by atoms with Crippen molar-refractivity contribution in [3.05, 3.63) is 0 Å². The number of hydrogen-bond donors (Lipinski definition) is 1. The van der Waals surface area contributed by atoms with E-state index in [9.17, 15) is 5.11 Å². The summed E-state index contributed by atoms with van der Waals surface area (Å²) in [5.41, 5.74) is -0.383. The average molecular weight is 186 g/mol. The molecule has 0 aromatic heterocycles. The van der Waals surface area contributed by atoms with Gasteiger partial charge in [-0.25, -0.2) is 0 Å². The van der Waals surface area contributed by atoms with Gasteiger partial charge in [-0.3, -0.25) is 0 Å². The van der Waals surface area contributed by atoms with Crippen molar-refractivity contribution in [2.45, 2.75) is 71.8 Å². The van der Waals surface area contributed by atoms with E-state index in [2.05, 4.69) is 27.7 Å². The maximum Gasteiger partial charge on any atom is 0.0647 e. The van der Waals surface area contributed by atoms with Gasteiger partial charge in [0.25, 0.3) is 0 Å². The van der Waals surface area contributed by atoms with Gasteiger partial charge in [-0.2, -0.15) is 0 Å². The fourth-order valence-electron chi connectivity index (χ4n) is 2.00. The average Bonchev–Trinajstić information content (AvgIpc) is 2.15. The molecule has 1 heteroatoms. The van der Waals surface area contributed by atoms with Crippen LogP contribution < -0.4 is 0 Å². The van der Waals surface area contributed by atoms with Gasteiger partial charge in [0.2, 0.25) is 0 Å². The molecule has 0 saturated heterocycles. The minimum absolute atomic E-state index is 0.383. The van der Waals surface area contributed by atoms with Crippen molar-refractivity contribution in [3.8, 4) is 0 Å². The summed E-state index contributed by atoms with van der Waals surface area (Å²) in [6.07, 6.45) is 6.33. The van der Waals surface area contributed by atoms with E-state index in [1.807, 2.05) is 0 Å². The second-order valence-corrected chi connectivity index (χ2v) is 4.21. The van der Waals surface area contributed by atoms with Crippen molar-refractivity contribution >= 4 is 0 Å². The normalized spacial score (nSPS) is 16.2. The summed E-state index contributed by atoms with van der Waals surface area (Å²) in [5, 5.41) is 10.3. The summed E-state index contributed by atoms with van der Waals surface area (Å²) in [7, 11) is 0. The monoisotopic (exact) mass is 186 g/mol. The molecule has 0 radical (unpaired) electrons. The highest BCUT2D eigenvalue weighted by Crippen LogP contribution is 2.28. The van der Waals surface area contributed by atoms with Gasteiger partial charge in [0, 0.05) is 0 Å². The standard InChI is InChI=1S/C12H26O/c1-5-9-12(13,8-4)10-11(6-2)7-3/h11,13H,5-10H2,1-4H3. The quantitative estimate of drug-likeness (QED) is 0.642. The third kappa shape index (κ3) is 4.66. The van der Waals surface area contributed by atoms with Crippen molar-refractivity contribution < 1.29 is 5.11 Å². The predicted molar refractivity (Wildman–Crippen MR) is 58.8 cm³/mol. The topological polar surface area (TPSA) is 20.2 Å². The van der Waals surface area contributed by atoms with Gasteiger partial charge in [0.1, 0.15) is 0 Å². The van der Waals surface area contributed by atoms with E-state index in [4.69, 9.17) is 0 Å². The summed E-state index contributed by atoms with van der Waals surface area (Å²) < 4.78 is 0. The highest BCUT2D eigenvalue weighted by molar-refractivity contribution is 4.79. The molecule has 1 nitrogen and oxygen atoms in total. The van der Waals surface area contributed by atoms with E-state index in [1.165, 1.54) is 12.8 Å². The second-order valence-electron chi connectivity index (χ2n) is 4.21. The first-order chi connectivity index (χ1) is 6.11. The predicted octanol–water partition coefficient (Wildman–Crippen LogP) is 3.75. The lowest BCUT2D eigenvalue weighted by Crippen LogP contribution is -2.30. The zero-order chi connectivity index (χ0) is 10.3. The molecule has 0 spiro atoms.